The number of halogens is 2. The summed E-state index contributed by atoms with van der Waals surface area (Å²) in [6, 6.07) is 4.25. The van der Waals surface area contributed by atoms with E-state index in [0.29, 0.717) is 17.3 Å². The van der Waals surface area contributed by atoms with E-state index in [1.54, 1.807) is 6.07 Å². The van der Waals surface area contributed by atoms with Crippen molar-refractivity contribution < 1.29 is 18.8 Å². The average molecular weight is 383 g/mol. The van der Waals surface area contributed by atoms with E-state index >= 15 is 0 Å². The van der Waals surface area contributed by atoms with Gasteiger partial charge in [0, 0.05) is 4.47 Å². The second-order valence-corrected chi connectivity index (χ2v) is 6.85. The lowest BCUT2D eigenvalue weighted by Gasteiger charge is -2.19. The number of carbonyl (C=O) groups is 3. The van der Waals surface area contributed by atoms with Crippen molar-refractivity contribution in [1.82, 2.24) is 4.90 Å². The number of benzene rings is 1. The molecule has 0 spiro atoms. The quantitative estimate of drug-likeness (QED) is 0.817. The highest BCUT2D eigenvalue weighted by Gasteiger charge is 2.48. The minimum absolute atomic E-state index is 0.0229. The Labute approximate surface area is 141 Å². The zero-order valence-corrected chi connectivity index (χ0v) is 13.9. The van der Waals surface area contributed by atoms with Crippen LogP contribution < -0.4 is 5.32 Å². The molecule has 1 aliphatic carbocycles. The van der Waals surface area contributed by atoms with E-state index in [1.807, 2.05) is 0 Å². The molecule has 7 heteroatoms. The van der Waals surface area contributed by atoms with Crippen LogP contribution in [-0.4, -0.2) is 29.2 Å². The van der Waals surface area contributed by atoms with Crippen LogP contribution in [0.2, 0.25) is 0 Å². The number of nitrogens with zero attached hydrogens (tertiary/aromatic N) is 1. The third kappa shape index (κ3) is 3.15. The van der Waals surface area contributed by atoms with Crippen LogP contribution in [0.4, 0.5) is 10.1 Å². The third-order valence-corrected chi connectivity index (χ3v) is 4.93. The van der Waals surface area contributed by atoms with E-state index < -0.39 is 11.7 Å². The van der Waals surface area contributed by atoms with Gasteiger partial charge in [0.1, 0.15) is 12.4 Å². The van der Waals surface area contributed by atoms with Gasteiger partial charge in [-0.3, -0.25) is 19.3 Å². The number of fused-ring (bicyclic) bond motifs is 1. The van der Waals surface area contributed by atoms with Gasteiger partial charge in [-0.2, -0.15) is 0 Å². The van der Waals surface area contributed by atoms with Crippen LogP contribution in [0.3, 0.4) is 0 Å². The Bertz CT molecular complexity index is 655. The first-order chi connectivity index (χ1) is 11.0. The normalized spacial score (nSPS) is 23.8. The number of hydrogen-bond donors (Lipinski definition) is 1. The highest BCUT2D eigenvalue weighted by atomic mass is 79.9. The van der Waals surface area contributed by atoms with Crippen molar-refractivity contribution in [1.29, 1.82) is 0 Å². The van der Waals surface area contributed by atoms with Crippen molar-refractivity contribution >= 4 is 39.3 Å². The summed E-state index contributed by atoms with van der Waals surface area (Å²) < 4.78 is 14.3. The van der Waals surface area contributed by atoms with E-state index in [4.69, 9.17) is 0 Å². The largest absolute Gasteiger partial charge is 0.322 e. The molecule has 0 radical (unpaired) electrons. The molecule has 2 unspecified atom stereocenters. The predicted octanol–water partition coefficient (Wildman–Crippen LogP) is 2.70. The zero-order valence-electron chi connectivity index (χ0n) is 12.4. The summed E-state index contributed by atoms with van der Waals surface area (Å²) in [6.45, 7) is -0.361. The Morgan fingerprint density at radius 3 is 2.39 bits per heavy atom. The molecule has 1 aliphatic heterocycles. The first-order valence-corrected chi connectivity index (χ1v) is 8.37. The van der Waals surface area contributed by atoms with Crippen molar-refractivity contribution in [2.45, 2.75) is 25.7 Å². The van der Waals surface area contributed by atoms with Crippen molar-refractivity contribution in [3.8, 4) is 0 Å². The zero-order chi connectivity index (χ0) is 16.6. The second-order valence-electron chi connectivity index (χ2n) is 5.93. The molecular formula is C16H16BrFN2O3. The van der Waals surface area contributed by atoms with Crippen molar-refractivity contribution in [3.05, 3.63) is 28.5 Å². The monoisotopic (exact) mass is 382 g/mol. The average Bonchev–Trinajstić information content (AvgIpc) is 2.76. The summed E-state index contributed by atoms with van der Waals surface area (Å²) in [5, 5.41) is 2.41. The van der Waals surface area contributed by atoms with Gasteiger partial charge in [-0.05, 0) is 31.0 Å². The highest BCUT2D eigenvalue weighted by molar-refractivity contribution is 9.10. The van der Waals surface area contributed by atoms with E-state index in [2.05, 4.69) is 21.2 Å². The number of anilines is 1. The van der Waals surface area contributed by atoms with E-state index in [9.17, 15) is 18.8 Å². The summed E-state index contributed by atoms with van der Waals surface area (Å²) in [5.41, 5.74) is 0.0229. The standard InChI is InChI=1S/C16H16BrFN2O3/c17-9-5-6-13(12(18)7-9)19-14(21)8-20-15(22)10-3-1-2-4-11(10)16(20)23/h5-7,10-11H,1-4,8H2,(H,19,21). The molecule has 1 saturated heterocycles. The van der Waals surface area contributed by atoms with Crippen LogP contribution in [0.5, 0.6) is 0 Å². The van der Waals surface area contributed by atoms with Crippen LogP contribution in [0.15, 0.2) is 22.7 Å². The van der Waals surface area contributed by atoms with Crippen LogP contribution in [-0.2, 0) is 14.4 Å². The molecule has 2 atom stereocenters. The van der Waals surface area contributed by atoms with Crippen LogP contribution in [0.1, 0.15) is 25.7 Å². The van der Waals surface area contributed by atoms with Gasteiger partial charge in [0.15, 0.2) is 0 Å². The van der Waals surface area contributed by atoms with Crippen LogP contribution in [0, 0.1) is 17.7 Å². The topological polar surface area (TPSA) is 66.5 Å². The van der Waals surface area contributed by atoms with Crippen LogP contribution >= 0.6 is 15.9 Å². The fraction of sp³-hybridized carbons (Fsp3) is 0.438. The third-order valence-electron chi connectivity index (χ3n) is 4.44. The molecule has 2 aliphatic rings. The first-order valence-electron chi connectivity index (χ1n) is 7.57. The molecule has 0 aromatic heterocycles. The molecule has 1 N–H and O–H groups in total. The van der Waals surface area contributed by atoms with Gasteiger partial charge < -0.3 is 5.32 Å². The van der Waals surface area contributed by atoms with Crippen molar-refractivity contribution in [2.24, 2.45) is 11.8 Å². The lowest BCUT2D eigenvalue weighted by molar-refractivity contribution is -0.142. The number of hydrogen-bond acceptors (Lipinski definition) is 3. The molecule has 0 bridgehead atoms. The molecule has 122 valence electrons. The van der Waals surface area contributed by atoms with Gasteiger partial charge in [-0.1, -0.05) is 28.8 Å². The lowest BCUT2D eigenvalue weighted by Crippen LogP contribution is -2.38. The number of carbonyl (C=O) groups excluding carboxylic acids is 3. The lowest BCUT2D eigenvalue weighted by atomic mass is 9.81. The summed E-state index contributed by atoms with van der Waals surface area (Å²) in [7, 11) is 0. The summed E-state index contributed by atoms with van der Waals surface area (Å²) in [5.74, 6) is -2.27. The molecular weight excluding hydrogens is 367 g/mol. The van der Waals surface area contributed by atoms with Crippen molar-refractivity contribution in [3.63, 3.8) is 0 Å². The van der Waals surface area contributed by atoms with Crippen LogP contribution in [0.25, 0.3) is 0 Å². The maximum atomic E-state index is 13.7. The molecule has 3 rings (SSSR count). The number of rotatable bonds is 3. The van der Waals surface area contributed by atoms with Gasteiger partial charge in [0.05, 0.1) is 17.5 Å². The summed E-state index contributed by atoms with van der Waals surface area (Å²) >= 11 is 3.13. The van der Waals surface area contributed by atoms with E-state index in [1.165, 1.54) is 12.1 Å². The highest BCUT2D eigenvalue weighted by Crippen LogP contribution is 2.37. The number of nitrogens with one attached hydrogen (secondary N) is 1. The summed E-state index contributed by atoms with van der Waals surface area (Å²) in [4.78, 5) is 37.7. The van der Waals surface area contributed by atoms with Gasteiger partial charge in [-0.15, -0.1) is 0 Å². The Hall–Kier alpha value is -1.76. The Kier molecular flexibility index (Phi) is 4.48. The predicted molar refractivity (Wildman–Crippen MR) is 84.9 cm³/mol. The van der Waals surface area contributed by atoms with Gasteiger partial charge in [0.25, 0.3) is 0 Å². The van der Waals surface area contributed by atoms with Gasteiger partial charge in [0.2, 0.25) is 17.7 Å². The summed E-state index contributed by atoms with van der Waals surface area (Å²) in [6.07, 6.45) is 3.28. The van der Waals surface area contributed by atoms with E-state index in [0.717, 1.165) is 17.7 Å². The van der Waals surface area contributed by atoms with Gasteiger partial charge >= 0.3 is 0 Å². The molecule has 1 aromatic carbocycles. The fourth-order valence-electron chi connectivity index (χ4n) is 3.31. The first kappa shape index (κ1) is 16.1. The number of imide groups is 1. The number of amides is 3. The Morgan fingerprint density at radius 1 is 1.22 bits per heavy atom. The minimum atomic E-state index is -0.583. The Balaban J connectivity index is 1.68. The number of likely N-dealkylation sites (tertiary alicyclic amines) is 1. The Morgan fingerprint density at radius 2 is 1.83 bits per heavy atom. The van der Waals surface area contributed by atoms with E-state index in [-0.39, 0.29) is 35.9 Å². The molecule has 2 fully saturated rings. The van der Waals surface area contributed by atoms with Crippen molar-refractivity contribution in [2.75, 3.05) is 11.9 Å². The molecule has 1 aromatic rings. The maximum absolute atomic E-state index is 13.7. The maximum Gasteiger partial charge on any atom is 0.244 e. The molecule has 23 heavy (non-hydrogen) atoms. The smallest absolute Gasteiger partial charge is 0.244 e. The molecule has 1 heterocycles. The minimum Gasteiger partial charge on any atom is -0.322 e. The fourth-order valence-corrected chi connectivity index (χ4v) is 3.64. The molecule has 1 saturated carbocycles. The molecule has 3 amide bonds. The SMILES string of the molecule is O=C(CN1C(=O)C2CCCCC2C1=O)Nc1ccc(Br)cc1F. The van der Waals surface area contributed by atoms with Gasteiger partial charge in [-0.25, -0.2) is 4.39 Å². The molecule has 5 nitrogen and oxygen atoms in total. The second kappa shape index (κ2) is 6.39.